The van der Waals surface area contributed by atoms with Crippen LogP contribution in [0.15, 0.2) is 85.5 Å². The summed E-state index contributed by atoms with van der Waals surface area (Å²) in [6.45, 7) is 1.78. The van der Waals surface area contributed by atoms with E-state index in [0.29, 0.717) is 21.7 Å². The van der Waals surface area contributed by atoms with Crippen molar-refractivity contribution in [2.24, 2.45) is 0 Å². The normalized spacial score (nSPS) is 13.7. The Balaban J connectivity index is 1.58. The maximum atomic E-state index is 14.9. The van der Waals surface area contributed by atoms with Gasteiger partial charge in [-0.15, -0.1) is 0 Å². The summed E-state index contributed by atoms with van der Waals surface area (Å²) >= 11 is 12.5. The van der Waals surface area contributed by atoms with Gasteiger partial charge in [-0.3, -0.25) is 4.79 Å². The van der Waals surface area contributed by atoms with Gasteiger partial charge in [0.25, 0.3) is 0 Å². The van der Waals surface area contributed by atoms with Crippen molar-refractivity contribution in [2.75, 3.05) is 13.6 Å². The van der Waals surface area contributed by atoms with Gasteiger partial charge < -0.3 is 14.6 Å². The number of hydrogen-bond donors (Lipinski definition) is 1. The molecular formula is C28H26Cl2FN3O2. The van der Waals surface area contributed by atoms with Crippen molar-refractivity contribution in [3.8, 4) is 11.1 Å². The predicted octanol–water partition coefficient (Wildman–Crippen LogP) is 6.15. The van der Waals surface area contributed by atoms with Gasteiger partial charge in [-0.25, -0.2) is 9.37 Å². The van der Waals surface area contributed by atoms with Crippen LogP contribution in [0.4, 0.5) is 4.39 Å². The van der Waals surface area contributed by atoms with Crippen LogP contribution in [0.2, 0.25) is 10.0 Å². The first-order valence-electron chi connectivity index (χ1n) is 11.4. The van der Waals surface area contributed by atoms with Crippen LogP contribution < -0.4 is 0 Å². The zero-order valence-corrected chi connectivity index (χ0v) is 21.4. The Labute approximate surface area is 219 Å². The molecule has 0 aliphatic heterocycles. The van der Waals surface area contributed by atoms with Crippen molar-refractivity contribution in [3.05, 3.63) is 112 Å². The van der Waals surface area contributed by atoms with Crippen molar-refractivity contribution in [1.82, 2.24) is 14.5 Å². The molecule has 5 nitrogen and oxygen atoms in total. The molecule has 1 amide bonds. The lowest BCUT2D eigenvalue weighted by Gasteiger charge is -2.35. The minimum Gasteiger partial charge on any atom is -0.381 e. The van der Waals surface area contributed by atoms with Gasteiger partial charge in [0.2, 0.25) is 5.91 Å². The van der Waals surface area contributed by atoms with Crippen molar-refractivity contribution in [1.29, 1.82) is 0 Å². The smallest absolute Gasteiger partial charge is 0.229 e. The number of aliphatic hydroxyl groups is 1. The number of amides is 1. The summed E-state index contributed by atoms with van der Waals surface area (Å²) in [5, 5.41) is 12.5. The number of rotatable bonds is 8. The molecule has 0 radical (unpaired) electrons. The van der Waals surface area contributed by atoms with Crippen molar-refractivity contribution in [3.63, 3.8) is 0 Å². The minimum atomic E-state index is -1.53. The molecule has 0 aliphatic rings. The summed E-state index contributed by atoms with van der Waals surface area (Å²) in [6, 6.07) is 18.9. The van der Waals surface area contributed by atoms with Crippen LogP contribution >= 0.6 is 23.2 Å². The molecule has 4 aromatic rings. The van der Waals surface area contributed by atoms with Gasteiger partial charge >= 0.3 is 0 Å². The Morgan fingerprint density at radius 1 is 1.14 bits per heavy atom. The second kappa shape index (κ2) is 10.8. The summed E-state index contributed by atoms with van der Waals surface area (Å²) < 4.78 is 16.7. The molecule has 0 fully saturated rings. The SMILES string of the molecule is C[C@H](C(=O)N(C)CC(O)(Cn1ccnc1)c1ccc(Cl)cc1Cl)c1ccc(-c2ccccc2)c(F)c1. The first kappa shape index (κ1) is 25.9. The van der Waals surface area contributed by atoms with Gasteiger partial charge in [-0.2, -0.15) is 0 Å². The van der Waals surface area contributed by atoms with Crippen molar-refractivity contribution in [2.45, 2.75) is 25.0 Å². The van der Waals surface area contributed by atoms with E-state index in [1.54, 1.807) is 67.6 Å². The number of carbonyl (C=O) groups excluding carboxylic acids is 1. The molecule has 1 N–H and O–H groups in total. The monoisotopic (exact) mass is 525 g/mol. The summed E-state index contributed by atoms with van der Waals surface area (Å²) in [6.07, 6.45) is 4.90. The lowest BCUT2D eigenvalue weighted by atomic mass is 9.91. The van der Waals surface area contributed by atoms with Gasteiger partial charge in [0.05, 0.1) is 25.3 Å². The average molecular weight is 526 g/mol. The zero-order valence-electron chi connectivity index (χ0n) is 19.9. The molecule has 36 heavy (non-hydrogen) atoms. The molecule has 1 unspecified atom stereocenters. The lowest BCUT2D eigenvalue weighted by molar-refractivity contribution is -0.135. The van der Waals surface area contributed by atoms with Crippen LogP contribution in [-0.2, 0) is 16.9 Å². The molecule has 0 aliphatic carbocycles. The molecule has 3 aromatic carbocycles. The van der Waals surface area contributed by atoms with E-state index in [1.807, 2.05) is 30.3 Å². The highest BCUT2D eigenvalue weighted by Crippen LogP contribution is 2.34. The van der Waals surface area contributed by atoms with Crippen LogP contribution in [-0.4, -0.2) is 39.1 Å². The zero-order chi connectivity index (χ0) is 25.9. The maximum Gasteiger partial charge on any atom is 0.229 e. The maximum absolute atomic E-state index is 14.9. The third kappa shape index (κ3) is 5.62. The van der Waals surface area contributed by atoms with Gasteiger partial charge in [-0.05, 0) is 36.2 Å². The first-order valence-corrected chi connectivity index (χ1v) is 12.2. The molecular weight excluding hydrogens is 500 g/mol. The number of benzene rings is 3. The Bertz CT molecular complexity index is 1350. The van der Waals surface area contributed by atoms with Crippen LogP contribution in [0.25, 0.3) is 11.1 Å². The molecule has 1 heterocycles. The van der Waals surface area contributed by atoms with E-state index in [2.05, 4.69) is 4.98 Å². The van der Waals surface area contributed by atoms with E-state index in [1.165, 1.54) is 11.0 Å². The Morgan fingerprint density at radius 2 is 1.89 bits per heavy atom. The second-order valence-corrected chi connectivity index (χ2v) is 9.76. The first-order chi connectivity index (χ1) is 17.2. The fourth-order valence-electron chi connectivity index (χ4n) is 4.37. The highest BCUT2D eigenvalue weighted by molar-refractivity contribution is 6.35. The number of aromatic nitrogens is 2. The van der Waals surface area contributed by atoms with E-state index < -0.39 is 17.3 Å². The summed E-state index contributed by atoms with van der Waals surface area (Å²) in [4.78, 5) is 18.9. The van der Waals surface area contributed by atoms with Gasteiger partial charge in [0.15, 0.2) is 0 Å². The summed E-state index contributed by atoms with van der Waals surface area (Å²) in [5.41, 5.74) is 0.690. The second-order valence-electron chi connectivity index (χ2n) is 8.91. The molecule has 0 spiro atoms. The van der Waals surface area contributed by atoms with Crippen molar-refractivity contribution < 1.29 is 14.3 Å². The molecule has 8 heteroatoms. The van der Waals surface area contributed by atoms with Crippen LogP contribution in [0.3, 0.4) is 0 Å². The molecule has 0 saturated heterocycles. The van der Waals surface area contributed by atoms with Gasteiger partial charge in [0, 0.05) is 40.6 Å². The van der Waals surface area contributed by atoms with Crippen LogP contribution in [0.5, 0.6) is 0 Å². The Kier molecular flexibility index (Phi) is 7.79. The standard InChI is InChI=1S/C28H26Cl2FN3O2/c1-19(21-8-10-23(26(31)14-21)20-6-4-3-5-7-20)27(35)33(2)16-28(36,17-34-13-12-32-18-34)24-11-9-22(29)15-25(24)30/h3-15,18-19,36H,16-17H2,1-2H3/t19-,28?/m0/s1. The number of nitrogens with zero attached hydrogens (tertiary/aromatic N) is 3. The van der Waals surface area contributed by atoms with E-state index in [0.717, 1.165) is 5.56 Å². The number of carbonyl (C=O) groups is 1. The molecule has 1 aromatic heterocycles. The topological polar surface area (TPSA) is 58.4 Å². The summed E-state index contributed by atoms with van der Waals surface area (Å²) in [7, 11) is 1.61. The lowest BCUT2D eigenvalue weighted by Crippen LogP contribution is -2.45. The minimum absolute atomic E-state index is 0.0553. The number of hydrogen-bond acceptors (Lipinski definition) is 3. The molecule has 4 rings (SSSR count). The van der Waals surface area contributed by atoms with Gasteiger partial charge in [0.1, 0.15) is 11.4 Å². The van der Waals surface area contributed by atoms with Crippen molar-refractivity contribution >= 4 is 29.1 Å². The van der Waals surface area contributed by atoms with E-state index >= 15 is 0 Å². The third-order valence-electron chi connectivity index (χ3n) is 6.26. The quantitative estimate of drug-likeness (QED) is 0.300. The Morgan fingerprint density at radius 3 is 2.53 bits per heavy atom. The molecule has 0 saturated carbocycles. The Hall–Kier alpha value is -3.19. The molecule has 186 valence electrons. The van der Waals surface area contributed by atoms with Crippen LogP contribution in [0.1, 0.15) is 24.0 Å². The third-order valence-corrected chi connectivity index (χ3v) is 6.81. The molecule has 0 bridgehead atoms. The summed E-state index contributed by atoms with van der Waals surface area (Å²) in [5.74, 6) is -1.30. The highest BCUT2D eigenvalue weighted by Gasteiger charge is 2.36. The van der Waals surface area contributed by atoms with Gasteiger partial charge in [-0.1, -0.05) is 71.7 Å². The van der Waals surface area contributed by atoms with Crippen LogP contribution in [0, 0.1) is 5.82 Å². The number of halogens is 3. The van der Waals surface area contributed by atoms with E-state index in [-0.39, 0.29) is 24.0 Å². The number of likely N-dealkylation sites (N-methyl/N-ethyl adjacent to an activating group) is 1. The predicted molar refractivity (Wildman–Crippen MR) is 140 cm³/mol. The highest BCUT2D eigenvalue weighted by atomic mass is 35.5. The van der Waals surface area contributed by atoms with E-state index in [9.17, 15) is 14.3 Å². The fraction of sp³-hybridized carbons (Fsp3) is 0.214. The van der Waals surface area contributed by atoms with E-state index in [4.69, 9.17) is 23.2 Å². The molecule has 2 atom stereocenters. The average Bonchev–Trinajstić information content (AvgIpc) is 3.36. The number of imidazole rings is 1. The largest absolute Gasteiger partial charge is 0.381 e. The fourth-order valence-corrected chi connectivity index (χ4v) is 4.95.